The average Bonchev–Trinajstić information content (AvgIpc) is 2.74. The molecule has 4 rings (SSSR count). The van der Waals surface area contributed by atoms with Gasteiger partial charge in [0.1, 0.15) is 11.3 Å². The maximum atomic E-state index is 13.2. The second-order valence-corrected chi connectivity index (χ2v) is 7.43. The topological polar surface area (TPSA) is 75.7 Å². The molecule has 0 unspecified atom stereocenters. The van der Waals surface area contributed by atoms with Gasteiger partial charge in [-0.05, 0) is 54.5 Å². The zero-order valence-corrected chi connectivity index (χ0v) is 17.7. The van der Waals surface area contributed by atoms with Crippen molar-refractivity contribution in [1.82, 2.24) is 5.32 Å². The molecule has 0 saturated carbocycles. The number of nitrogens with one attached hydrogen (secondary N) is 1. The Labute approximate surface area is 184 Å². The van der Waals surface area contributed by atoms with Crippen molar-refractivity contribution in [3.63, 3.8) is 0 Å². The average molecular weight is 435 g/mol. The number of imide groups is 2. The van der Waals surface area contributed by atoms with Gasteiger partial charge in [0.05, 0.1) is 12.3 Å². The standard InChI is InChI=1S/C24H19ClN2O4/c1-3-31-21-11-9-15-6-4-5-7-17(15)18(21)13-19-22(28)26-24(30)27(23(19)29)16-10-8-14(2)20(25)12-16/h4-13H,3H2,1-2H3,(H,26,28,30)/b19-13-. The quantitative estimate of drug-likeness (QED) is 0.469. The van der Waals surface area contributed by atoms with E-state index in [1.54, 1.807) is 18.2 Å². The minimum atomic E-state index is -0.824. The van der Waals surface area contributed by atoms with Gasteiger partial charge in [-0.3, -0.25) is 14.9 Å². The Morgan fingerprint density at radius 3 is 2.58 bits per heavy atom. The number of amides is 4. The Morgan fingerprint density at radius 2 is 1.84 bits per heavy atom. The van der Waals surface area contributed by atoms with Gasteiger partial charge in [0, 0.05) is 10.6 Å². The van der Waals surface area contributed by atoms with Crippen molar-refractivity contribution in [3.05, 3.63) is 76.3 Å². The highest BCUT2D eigenvalue weighted by molar-refractivity contribution is 6.39. The molecule has 6 nitrogen and oxygen atoms in total. The molecule has 0 spiro atoms. The van der Waals surface area contributed by atoms with Gasteiger partial charge in [-0.15, -0.1) is 0 Å². The first-order valence-corrected chi connectivity index (χ1v) is 10.1. The summed E-state index contributed by atoms with van der Waals surface area (Å²) >= 11 is 6.18. The van der Waals surface area contributed by atoms with Crippen LogP contribution in [-0.4, -0.2) is 24.5 Å². The molecule has 1 aliphatic rings. The molecule has 0 aliphatic carbocycles. The third kappa shape index (κ3) is 3.78. The summed E-state index contributed by atoms with van der Waals surface area (Å²) in [5.41, 5.74) is 1.50. The van der Waals surface area contributed by atoms with Crippen molar-refractivity contribution in [2.24, 2.45) is 0 Å². The highest BCUT2D eigenvalue weighted by Gasteiger charge is 2.37. The zero-order valence-electron chi connectivity index (χ0n) is 16.9. The minimum absolute atomic E-state index is 0.173. The first-order valence-electron chi connectivity index (χ1n) is 9.73. The number of carbonyl (C=O) groups excluding carboxylic acids is 3. The van der Waals surface area contributed by atoms with Crippen LogP contribution >= 0.6 is 11.6 Å². The number of hydrogen-bond acceptors (Lipinski definition) is 4. The number of aryl methyl sites for hydroxylation is 1. The van der Waals surface area contributed by atoms with Crippen LogP contribution in [0, 0.1) is 6.92 Å². The van der Waals surface area contributed by atoms with Gasteiger partial charge in [0.15, 0.2) is 0 Å². The van der Waals surface area contributed by atoms with Crippen LogP contribution in [0.1, 0.15) is 18.1 Å². The van der Waals surface area contributed by atoms with E-state index in [-0.39, 0.29) is 11.3 Å². The van der Waals surface area contributed by atoms with Gasteiger partial charge >= 0.3 is 6.03 Å². The number of ether oxygens (including phenoxy) is 1. The van der Waals surface area contributed by atoms with Crippen LogP contribution in [0.25, 0.3) is 16.8 Å². The van der Waals surface area contributed by atoms with E-state index in [2.05, 4.69) is 5.32 Å². The van der Waals surface area contributed by atoms with Crippen molar-refractivity contribution in [3.8, 4) is 5.75 Å². The Balaban J connectivity index is 1.86. The number of barbiturate groups is 1. The highest BCUT2D eigenvalue weighted by Crippen LogP contribution is 2.32. The molecule has 1 heterocycles. The molecule has 1 saturated heterocycles. The molecule has 0 aromatic heterocycles. The lowest BCUT2D eigenvalue weighted by Crippen LogP contribution is -2.54. The number of halogens is 1. The van der Waals surface area contributed by atoms with Gasteiger partial charge in [-0.1, -0.05) is 48.0 Å². The van der Waals surface area contributed by atoms with Crippen LogP contribution in [0.4, 0.5) is 10.5 Å². The molecule has 156 valence electrons. The lowest BCUT2D eigenvalue weighted by molar-refractivity contribution is -0.122. The van der Waals surface area contributed by atoms with Gasteiger partial charge in [0.2, 0.25) is 0 Å². The normalized spacial score (nSPS) is 15.5. The molecular formula is C24H19ClN2O4. The molecule has 0 radical (unpaired) electrons. The number of fused-ring (bicyclic) bond motifs is 1. The summed E-state index contributed by atoms with van der Waals surface area (Å²) in [6.07, 6.45) is 1.47. The van der Waals surface area contributed by atoms with E-state index in [1.165, 1.54) is 12.1 Å². The first kappa shape index (κ1) is 20.6. The van der Waals surface area contributed by atoms with Crippen molar-refractivity contribution >= 4 is 52.0 Å². The number of nitrogens with zero attached hydrogens (tertiary/aromatic N) is 1. The largest absolute Gasteiger partial charge is 0.493 e. The number of carbonyl (C=O) groups is 3. The molecule has 1 fully saturated rings. The minimum Gasteiger partial charge on any atom is -0.493 e. The second kappa shape index (κ2) is 8.24. The van der Waals surface area contributed by atoms with E-state index in [0.717, 1.165) is 21.2 Å². The van der Waals surface area contributed by atoms with Crippen LogP contribution in [-0.2, 0) is 9.59 Å². The summed E-state index contributed by atoms with van der Waals surface area (Å²) in [7, 11) is 0. The molecule has 1 N–H and O–H groups in total. The Bertz CT molecular complexity index is 1270. The molecule has 3 aromatic carbocycles. The van der Waals surface area contributed by atoms with Crippen LogP contribution < -0.4 is 15.0 Å². The molecule has 3 aromatic rings. The SMILES string of the molecule is CCOc1ccc2ccccc2c1/C=C1/C(=O)NC(=O)N(c2ccc(C)c(Cl)c2)C1=O. The van der Waals surface area contributed by atoms with E-state index < -0.39 is 17.8 Å². The maximum absolute atomic E-state index is 13.2. The fraction of sp³-hybridized carbons (Fsp3) is 0.125. The van der Waals surface area contributed by atoms with E-state index in [4.69, 9.17) is 16.3 Å². The summed E-state index contributed by atoms with van der Waals surface area (Å²) in [5, 5.41) is 4.40. The number of hydrogen-bond donors (Lipinski definition) is 1. The van der Waals surface area contributed by atoms with Gasteiger partial charge in [-0.25, -0.2) is 9.69 Å². The van der Waals surface area contributed by atoms with Crippen LogP contribution in [0.15, 0.2) is 60.2 Å². The van der Waals surface area contributed by atoms with Crippen molar-refractivity contribution < 1.29 is 19.1 Å². The molecular weight excluding hydrogens is 416 g/mol. The first-order chi connectivity index (χ1) is 14.9. The maximum Gasteiger partial charge on any atom is 0.335 e. The fourth-order valence-electron chi connectivity index (χ4n) is 3.46. The third-order valence-corrected chi connectivity index (χ3v) is 5.44. The van der Waals surface area contributed by atoms with E-state index >= 15 is 0 Å². The lowest BCUT2D eigenvalue weighted by Gasteiger charge is -2.27. The van der Waals surface area contributed by atoms with Crippen LogP contribution in [0.3, 0.4) is 0 Å². The summed E-state index contributed by atoms with van der Waals surface area (Å²) in [6.45, 7) is 4.09. The Kier molecular flexibility index (Phi) is 5.48. The highest BCUT2D eigenvalue weighted by atomic mass is 35.5. The second-order valence-electron chi connectivity index (χ2n) is 7.02. The van der Waals surface area contributed by atoms with Crippen molar-refractivity contribution in [2.75, 3.05) is 11.5 Å². The molecule has 0 atom stereocenters. The lowest BCUT2D eigenvalue weighted by atomic mass is 9.99. The smallest absolute Gasteiger partial charge is 0.335 e. The fourth-order valence-corrected chi connectivity index (χ4v) is 3.64. The molecule has 4 amide bonds. The third-order valence-electron chi connectivity index (χ3n) is 5.03. The number of urea groups is 1. The summed E-state index contributed by atoms with van der Waals surface area (Å²) in [5.74, 6) is -0.958. The van der Waals surface area contributed by atoms with Crippen molar-refractivity contribution in [1.29, 1.82) is 0 Å². The van der Waals surface area contributed by atoms with E-state index in [1.807, 2.05) is 44.2 Å². The van der Waals surface area contributed by atoms with Crippen LogP contribution in [0.5, 0.6) is 5.75 Å². The predicted octanol–water partition coefficient (Wildman–Crippen LogP) is 4.87. The Morgan fingerprint density at radius 1 is 1.06 bits per heavy atom. The van der Waals surface area contributed by atoms with E-state index in [0.29, 0.717) is 22.9 Å². The van der Waals surface area contributed by atoms with E-state index in [9.17, 15) is 14.4 Å². The van der Waals surface area contributed by atoms with Gasteiger partial charge in [0.25, 0.3) is 11.8 Å². The van der Waals surface area contributed by atoms with Crippen molar-refractivity contribution in [2.45, 2.75) is 13.8 Å². The predicted molar refractivity (Wildman–Crippen MR) is 120 cm³/mol. The number of rotatable bonds is 4. The molecule has 31 heavy (non-hydrogen) atoms. The Hall–Kier alpha value is -3.64. The molecule has 1 aliphatic heterocycles. The number of benzene rings is 3. The molecule has 0 bridgehead atoms. The summed E-state index contributed by atoms with van der Waals surface area (Å²) in [4.78, 5) is 39.2. The number of anilines is 1. The zero-order chi connectivity index (χ0) is 22.1. The summed E-state index contributed by atoms with van der Waals surface area (Å²) in [6, 6.07) is 15.3. The van der Waals surface area contributed by atoms with Crippen LogP contribution in [0.2, 0.25) is 5.02 Å². The molecule has 7 heteroatoms. The van der Waals surface area contributed by atoms with Gasteiger partial charge in [-0.2, -0.15) is 0 Å². The summed E-state index contributed by atoms with van der Waals surface area (Å²) < 4.78 is 5.73. The van der Waals surface area contributed by atoms with Gasteiger partial charge < -0.3 is 4.74 Å². The monoisotopic (exact) mass is 434 g/mol.